The third-order valence-corrected chi connectivity index (χ3v) is 8.50. The molecule has 0 amide bonds. The first-order chi connectivity index (χ1) is 15.5. The molecule has 1 saturated heterocycles. The summed E-state index contributed by atoms with van der Waals surface area (Å²) in [5.74, 6) is -0.298. The first-order valence-corrected chi connectivity index (χ1v) is 13.1. The molecule has 1 aromatic carbocycles. The summed E-state index contributed by atoms with van der Waals surface area (Å²) >= 11 is 1.37. The van der Waals surface area contributed by atoms with Gasteiger partial charge in [0.15, 0.2) is 0 Å². The Hall–Kier alpha value is -2.38. The molecule has 0 unspecified atom stereocenters. The fraction of sp³-hybridized carbons (Fsp3) is 0.500. The predicted molar refractivity (Wildman–Crippen MR) is 118 cm³/mol. The number of alkyl halides is 3. The minimum absolute atomic E-state index is 0.201. The molecule has 1 spiro atoms. The molecule has 5 rings (SSSR count). The lowest BCUT2D eigenvalue weighted by atomic mass is 9.60. The van der Waals surface area contributed by atoms with Crippen LogP contribution in [-0.2, 0) is 10.0 Å². The Bertz CT molecular complexity index is 1240. The number of piperidine rings is 1. The fourth-order valence-corrected chi connectivity index (χ4v) is 6.42. The lowest BCUT2D eigenvalue weighted by Crippen LogP contribution is -2.52. The largest absolute Gasteiger partial charge is 0.573 e. The van der Waals surface area contributed by atoms with Crippen LogP contribution in [0.25, 0.3) is 16.2 Å². The molecule has 0 bridgehead atoms. The second-order valence-electron chi connectivity index (χ2n) is 8.75. The van der Waals surface area contributed by atoms with Gasteiger partial charge < -0.3 is 10.1 Å². The minimum Gasteiger partial charge on any atom is -0.406 e. The summed E-state index contributed by atoms with van der Waals surface area (Å²) in [7, 11) is -3.12. The van der Waals surface area contributed by atoms with Crippen LogP contribution in [0.2, 0.25) is 0 Å². The maximum atomic E-state index is 12.5. The molecule has 2 aliphatic rings. The Balaban J connectivity index is 1.21. The van der Waals surface area contributed by atoms with Crippen LogP contribution in [0.3, 0.4) is 0 Å². The molecule has 33 heavy (non-hydrogen) atoms. The van der Waals surface area contributed by atoms with Crippen molar-refractivity contribution in [3.63, 3.8) is 0 Å². The number of sulfonamides is 1. The standard InChI is InChI=1S/C20H22F3N5O3S2/c1-33(29,30)27-7-5-19(6-8-27)10-14(11-19)24-17-26-28-12-16(25-18(28)32-17)13-3-2-4-15(9-13)31-20(21,22)23/h2-4,9,12,14H,5-8,10-11H2,1H3,(H,24,26). The van der Waals surface area contributed by atoms with Crippen LogP contribution in [0.4, 0.5) is 18.3 Å². The number of anilines is 1. The van der Waals surface area contributed by atoms with Gasteiger partial charge in [0.05, 0.1) is 18.1 Å². The third kappa shape index (κ3) is 4.80. The number of ether oxygens (including phenoxy) is 1. The lowest BCUT2D eigenvalue weighted by Gasteiger charge is -2.51. The molecule has 3 aromatic rings. The van der Waals surface area contributed by atoms with Crippen molar-refractivity contribution >= 4 is 31.5 Å². The summed E-state index contributed by atoms with van der Waals surface area (Å²) in [5.41, 5.74) is 1.21. The molecule has 13 heteroatoms. The fourth-order valence-electron chi connectivity index (χ4n) is 4.71. The highest BCUT2D eigenvalue weighted by atomic mass is 32.2. The Morgan fingerprint density at radius 3 is 2.61 bits per heavy atom. The number of imidazole rings is 1. The normalized spacial score (nSPS) is 19.6. The first kappa shape index (κ1) is 22.4. The monoisotopic (exact) mass is 501 g/mol. The first-order valence-electron chi connectivity index (χ1n) is 10.4. The summed E-state index contributed by atoms with van der Waals surface area (Å²) in [6, 6.07) is 5.96. The van der Waals surface area contributed by atoms with E-state index in [0.717, 1.165) is 30.8 Å². The molecule has 3 heterocycles. The topological polar surface area (TPSA) is 88.8 Å². The zero-order chi connectivity index (χ0) is 23.4. The van der Waals surface area contributed by atoms with Gasteiger partial charge in [-0.15, -0.1) is 18.3 Å². The van der Waals surface area contributed by atoms with Crippen LogP contribution in [0.1, 0.15) is 25.7 Å². The Morgan fingerprint density at radius 1 is 1.24 bits per heavy atom. The van der Waals surface area contributed by atoms with Gasteiger partial charge in [0.1, 0.15) is 5.75 Å². The van der Waals surface area contributed by atoms with Crippen LogP contribution < -0.4 is 10.1 Å². The van der Waals surface area contributed by atoms with Crippen molar-refractivity contribution in [2.45, 2.75) is 38.1 Å². The zero-order valence-electron chi connectivity index (χ0n) is 17.7. The van der Waals surface area contributed by atoms with E-state index in [2.05, 4.69) is 20.1 Å². The van der Waals surface area contributed by atoms with Gasteiger partial charge >= 0.3 is 6.36 Å². The molecule has 1 aliphatic carbocycles. The molecule has 1 saturated carbocycles. The summed E-state index contributed by atoms with van der Waals surface area (Å²) in [5, 5.41) is 8.66. The average molecular weight is 502 g/mol. The third-order valence-electron chi connectivity index (χ3n) is 6.35. The number of hydrogen-bond acceptors (Lipinski definition) is 7. The Kier molecular flexibility index (Phi) is 5.33. The smallest absolute Gasteiger partial charge is 0.406 e. The van der Waals surface area contributed by atoms with E-state index in [0.29, 0.717) is 29.3 Å². The second-order valence-corrected chi connectivity index (χ2v) is 11.7. The summed E-state index contributed by atoms with van der Waals surface area (Å²) in [4.78, 5) is 5.12. The number of fused-ring (bicyclic) bond motifs is 1. The summed E-state index contributed by atoms with van der Waals surface area (Å²) in [6.45, 7) is 1.16. The molecule has 8 nitrogen and oxygen atoms in total. The number of nitrogens with zero attached hydrogens (tertiary/aromatic N) is 4. The highest BCUT2D eigenvalue weighted by molar-refractivity contribution is 7.88. The number of benzene rings is 1. The van der Waals surface area contributed by atoms with Crippen molar-refractivity contribution < 1.29 is 26.3 Å². The van der Waals surface area contributed by atoms with Gasteiger partial charge in [-0.1, -0.05) is 23.5 Å². The molecule has 0 radical (unpaired) electrons. The van der Waals surface area contributed by atoms with Crippen molar-refractivity contribution in [3.05, 3.63) is 30.5 Å². The minimum atomic E-state index is -4.75. The number of halogens is 3. The van der Waals surface area contributed by atoms with Gasteiger partial charge in [-0.2, -0.15) is 0 Å². The van der Waals surface area contributed by atoms with E-state index in [4.69, 9.17) is 0 Å². The number of nitrogens with one attached hydrogen (secondary N) is 1. The van der Waals surface area contributed by atoms with Crippen LogP contribution in [0, 0.1) is 5.41 Å². The molecule has 0 atom stereocenters. The molecular weight excluding hydrogens is 479 g/mol. The van der Waals surface area contributed by atoms with Gasteiger partial charge in [-0.05, 0) is 43.2 Å². The predicted octanol–water partition coefficient (Wildman–Crippen LogP) is 3.97. The van der Waals surface area contributed by atoms with Gasteiger partial charge in [-0.3, -0.25) is 0 Å². The Morgan fingerprint density at radius 2 is 1.97 bits per heavy atom. The zero-order valence-corrected chi connectivity index (χ0v) is 19.3. The number of hydrogen-bond donors (Lipinski definition) is 1. The van der Waals surface area contributed by atoms with E-state index in [9.17, 15) is 21.6 Å². The number of rotatable bonds is 5. The summed E-state index contributed by atoms with van der Waals surface area (Å²) < 4.78 is 68.0. The number of aromatic nitrogens is 3. The molecule has 2 aromatic heterocycles. The highest BCUT2D eigenvalue weighted by Crippen LogP contribution is 2.50. The van der Waals surface area contributed by atoms with Crippen molar-refractivity contribution in [2.24, 2.45) is 5.41 Å². The van der Waals surface area contributed by atoms with Gasteiger partial charge in [0.25, 0.3) is 0 Å². The van der Waals surface area contributed by atoms with E-state index in [1.807, 2.05) is 0 Å². The molecule has 1 N–H and O–H groups in total. The van der Waals surface area contributed by atoms with Gasteiger partial charge in [0, 0.05) is 24.7 Å². The van der Waals surface area contributed by atoms with Crippen LogP contribution in [-0.4, -0.2) is 59.1 Å². The average Bonchev–Trinajstić information content (AvgIpc) is 3.24. The van der Waals surface area contributed by atoms with E-state index < -0.39 is 16.4 Å². The van der Waals surface area contributed by atoms with Gasteiger partial charge in [0.2, 0.25) is 20.1 Å². The van der Waals surface area contributed by atoms with Crippen molar-refractivity contribution in [1.82, 2.24) is 18.9 Å². The molecule has 178 valence electrons. The molecule has 2 fully saturated rings. The van der Waals surface area contributed by atoms with E-state index >= 15 is 0 Å². The highest BCUT2D eigenvalue weighted by Gasteiger charge is 2.47. The van der Waals surface area contributed by atoms with Crippen LogP contribution >= 0.6 is 11.3 Å². The summed E-state index contributed by atoms with van der Waals surface area (Å²) in [6.07, 6.45) is 1.88. The van der Waals surface area contributed by atoms with E-state index in [1.165, 1.54) is 35.8 Å². The van der Waals surface area contributed by atoms with Crippen molar-refractivity contribution in [2.75, 3.05) is 24.7 Å². The maximum Gasteiger partial charge on any atom is 0.573 e. The van der Waals surface area contributed by atoms with Crippen LogP contribution in [0.5, 0.6) is 5.75 Å². The van der Waals surface area contributed by atoms with Crippen molar-refractivity contribution in [1.29, 1.82) is 0 Å². The van der Waals surface area contributed by atoms with Gasteiger partial charge in [-0.25, -0.2) is 22.2 Å². The lowest BCUT2D eigenvalue weighted by molar-refractivity contribution is -0.274. The Labute approximate surface area is 192 Å². The van der Waals surface area contributed by atoms with Crippen LogP contribution in [0.15, 0.2) is 30.5 Å². The quantitative estimate of drug-likeness (QED) is 0.569. The second kappa shape index (κ2) is 7.84. The maximum absolute atomic E-state index is 12.5. The SMILES string of the molecule is CS(=O)(=O)N1CCC2(CC1)CC(Nc1nn3cc(-c4cccc(OC(F)(F)F)c4)nc3s1)C2. The molecular formula is C20H22F3N5O3S2. The van der Waals surface area contributed by atoms with Crippen molar-refractivity contribution in [3.8, 4) is 17.0 Å². The van der Waals surface area contributed by atoms with E-state index in [-0.39, 0.29) is 17.2 Å². The molecule has 1 aliphatic heterocycles. The van der Waals surface area contributed by atoms with E-state index in [1.54, 1.807) is 21.1 Å².